The van der Waals surface area contributed by atoms with Crippen molar-refractivity contribution in [1.82, 2.24) is 14.6 Å². The van der Waals surface area contributed by atoms with Crippen LogP contribution < -0.4 is 5.32 Å². The first kappa shape index (κ1) is 13.3. The van der Waals surface area contributed by atoms with Crippen molar-refractivity contribution in [2.24, 2.45) is 0 Å². The molecule has 0 bridgehead atoms. The molecule has 3 rings (SSSR count). The van der Waals surface area contributed by atoms with E-state index < -0.39 is 0 Å². The van der Waals surface area contributed by atoms with Crippen LogP contribution in [0.4, 0.5) is 5.69 Å². The van der Waals surface area contributed by atoms with E-state index in [0.717, 1.165) is 3.57 Å². The molecular formula is C13H8ClIN4O. The van der Waals surface area contributed by atoms with Crippen LogP contribution in [0.25, 0.3) is 5.52 Å². The molecule has 0 aliphatic carbocycles. The van der Waals surface area contributed by atoms with Gasteiger partial charge in [-0.05, 0) is 40.8 Å². The second kappa shape index (κ2) is 5.37. The SMILES string of the molecule is O=C(Nc1ccc(Cl)cc1I)c1cnn2ccncc12. The Kier molecular flexibility index (Phi) is 3.58. The topological polar surface area (TPSA) is 59.3 Å². The Bertz CT molecular complexity index is 802. The second-order valence-electron chi connectivity index (χ2n) is 4.04. The molecular weight excluding hydrogens is 391 g/mol. The van der Waals surface area contributed by atoms with Gasteiger partial charge in [0.1, 0.15) is 0 Å². The molecule has 0 unspecified atom stereocenters. The molecule has 20 heavy (non-hydrogen) atoms. The molecule has 0 spiro atoms. The molecule has 0 radical (unpaired) electrons. The molecule has 0 saturated heterocycles. The zero-order valence-electron chi connectivity index (χ0n) is 10.0. The molecule has 1 amide bonds. The predicted octanol–water partition coefficient (Wildman–Crippen LogP) is 3.24. The summed E-state index contributed by atoms with van der Waals surface area (Å²) in [4.78, 5) is 16.3. The summed E-state index contributed by atoms with van der Waals surface area (Å²) in [5.74, 6) is -0.228. The summed E-state index contributed by atoms with van der Waals surface area (Å²) in [6.45, 7) is 0. The smallest absolute Gasteiger partial charge is 0.259 e. The van der Waals surface area contributed by atoms with Crippen molar-refractivity contribution in [3.8, 4) is 0 Å². The van der Waals surface area contributed by atoms with Gasteiger partial charge in [0.2, 0.25) is 0 Å². The van der Waals surface area contributed by atoms with Gasteiger partial charge >= 0.3 is 0 Å². The Morgan fingerprint density at radius 1 is 1.35 bits per heavy atom. The number of amides is 1. The average molecular weight is 399 g/mol. The van der Waals surface area contributed by atoms with Crippen molar-refractivity contribution in [3.05, 3.63) is 57.1 Å². The molecule has 0 aliphatic rings. The van der Waals surface area contributed by atoms with Crippen LogP contribution in [0.5, 0.6) is 0 Å². The summed E-state index contributed by atoms with van der Waals surface area (Å²) >= 11 is 8.02. The molecule has 3 aromatic rings. The summed E-state index contributed by atoms with van der Waals surface area (Å²) in [6.07, 6.45) is 6.44. The fourth-order valence-corrected chi connectivity index (χ4v) is 2.80. The van der Waals surface area contributed by atoms with E-state index in [-0.39, 0.29) is 5.91 Å². The van der Waals surface area contributed by atoms with Crippen LogP contribution in [0.15, 0.2) is 43.0 Å². The van der Waals surface area contributed by atoms with Gasteiger partial charge in [-0.15, -0.1) is 0 Å². The molecule has 2 aromatic heterocycles. The van der Waals surface area contributed by atoms with Gasteiger partial charge in [0.15, 0.2) is 0 Å². The van der Waals surface area contributed by atoms with Crippen molar-refractivity contribution >= 4 is 51.3 Å². The largest absolute Gasteiger partial charge is 0.321 e. The molecule has 100 valence electrons. The number of aromatic nitrogens is 3. The van der Waals surface area contributed by atoms with Crippen LogP contribution in [0.1, 0.15) is 10.4 Å². The Morgan fingerprint density at radius 2 is 2.20 bits per heavy atom. The highest BCUT2D eigenvalue weighted by Gasteiger charge is 2.14. The Hall–Kier alpha value is -1.67. The Morgan fingerprint density at radius 3 is 3.00 bits per heavy atom. The van der Waals surface area contributed by atoms with Crippen LogP contribution in [-0.4, -0.2) is 20.5 Å². The number of anilines is 1. The first-order chi connectivity index (χ1) is 9.65. The fraction of sp³-hybridized carbons (Fsp3) is 0. The third-order valence-electron chi connectivity index (χ3n) is 2.75. The van der Waals surface area contributed by atoms with Gasteiger partial charge < -0.3 is 5.32 Å². The second-order valence-corrected chi connectivity index (χ2v) is 5.64. The molecule has 0 aliphatic heterocycles. The molecule has 2 heterocycles. The molecule has 0 atom stereocenters. The minimum atomic E-state index is -0.228. The van der Waals surface area contributed by atoms with Crippen LogP contribution in [0.2, 0.25) is 5.02 Å². The normalized spacial score (nSPS) is 10.7. The number of nitrogens with one attached hydrogen (secondary N) is 1. The monoisotopic (exact) mass is 398 g/mol. The summed E-state index contributed by atoms with van der Waals surface area (Å²) in [7, 11) is 0. The van der Waals surface area contributed by atoms with Gasteiger partial charge in [-0.1, -0.05) is 11.6 Å². The lowest BCUT2D eigenvalue weighted by atomic mass is 10.2. The Balaban J connectivity index is 1.93. The van der Waals surface area contributed by atoms with Crippen molar-refractivity contribution in [1.29, 1.82) is 0 Å². The first-order valence-electron chi connectivity index (χ1n) is 5.69. The summed E-state index contributed by atoms with van der Waals surface area (Å²) in [5, 5.41) is 7.59. The van der Waals surface area contributed by atoms with Gasteiger partial charge in [-0.25, -0.2) is 4.52 Å². The van der Waals surface area contributed by atoms with E-state index in [9.17, 15) is 4.79 Å². The van der Waals surface area contributed by atoms with Crippen LogP contribution >= 0.6 is 34.2 Å². The van der Waals surface area contributed by atoms with E-state index in [1.54, 1.807) is 41.3 Å². The van der Waals surface area contributed by atoms with Crippen molar-refractivity contribution < 1.29 is 4.79 Å². The fourth-order valence-electron chi connectivity index (χ4n) is 1.79. The number of fused-ring (bicyclic) bond motifs is 1. The third kappa shape index (κ3) is 2.48. The van der Waals surface area contributed by atoms with Crippen molar-refractivity contribution in [2.75, 3.05) is 5.32 Å². The van der Waals surface area contributed by atoms with E-state index in [1.165, 1.54) is 6.20 Å². The number of halogens is 2. The zero-order valence-corrected chi connectivity index (χ0v) is 13.0. The molecule has 1 N–H and O–H groups in total. The molecule has 0 fully saturated rings. The number of carbonyl (C=O) groups excluding carboxylic acids is 1. The van der Waals surface area contributed by atoms with E-state index in [1.807, 2.05) is 0 Å². The highest BCUT2D eigenvalue weighted by atomic mass is 127. The number of rotatable bonds is 2. The highest BCUT2D eigenvalue weighted by Crippen LogP contribution is 2.23. The van der Waals surface area contributed by atoms with Crippen LogP contribution in [0, 0.1) is 3.57 Å². The Labute approximate surface area is 133 Å². The lowest BCUT2D eigenvalue weighted by Crippen LogP contribution is -2.12. The standard InChI is InChI=1S/C13H8ClIN4O/c14-8-1-2-11(10(15)5-8)18-13(20)9-6-17-19-4-3-16-7-12(9)19/h1-7H,(H,18,20). The number of benzene rings is 1. The van der Waals surface area contributed by atoms with Crippen LogP contribution in [0.3, 0.4) is 0 Å². The first-order valence-corrected chi connectivity index (χ1v) is 7.14. The minimum absolute atomic E-state index is 0.228. The van der Waals surface area contributed by atoms with E-state index in [4.69, 9.17) is 11.6 Å². The molecule has 0 saturated carbocycles. The maximum atomic E-state index is 12.3. The summed E-state index contributed by atoms with van der Waals surface area (Å²) < 4.78 is 2.48. The number of nitrogens with zero attached hydrogens (tertiary/aromatic N) is 3. The van der Waals surface area contributed by atoms with Gasteiger partial charge in [0.25, 0.3) is 5.91 Å². The highest BCUT2D eigenvalue weighted by molar-refractivity contribution is 14.1. The predicted molar refractivity (Wildman–Crippen MR) is 85.1 cm³/mol. The maximum Gasteiger partial charge on any atom is 0.259 e. The lowest BCUT2D eigenvalue weighted by molar-refractivity contribution is 0.102. The number of hydrogen-bond donors (Lipinski definition) is 1. The molecule has 1 aromatic carbocycles. The third-order valence-corrected chi connectivity index (χ3v) is 3.88. The number of carbonyl (C=O) groups is 1. The maximum absolute atomic E-state index is 12.3. The summed E-state index contributed by atoms with van der Waals surface area (Å²) in [5.41, 5.74) is 1.85. The summed E-state index contributed by atoms with van der Waals surface area (Å²) in [6, 6.07) is 5.29. The van der Waals surface area contributed by atoms with Crippen molar-refractivity contribution in [2.45, 2.75) is 0 Å². The minimum Gasteiger partial charge on any atom is -0.321 e. The van der Waals surface area contributed by atoms with Gasteiger partial charge in [0.05, 0.1) is 29.2 Å². The quantitative estimate of drug-likeness (QED) is 0.674. The molecule has 5 nitrogen and oxygen atoms in total. The van der Waals surface area contributed by atoms with Gasteiger partial charge in [-0.2, -0.15) is 5.10 Å². The lowest BCUT2D eigenvalue weighted by Gasteiger charge is -2.06. The van der Waals surface area contributed by atoms with Gasteiger partial charge in [0, 0.05) is 21.0 Å². The zero-order chi connectivity index (χ0) is 14.1. The van der Waals surface area contributed by atoms with Crippen molar-refractivity contribution in [3.63, 3.8) is 0 Å². The molecule has 7 heteroatoms. The van der Waals surface area contributed by atoms with E-state index >= 15 is 0 Å². The van der Waals surface area contributed by atoms with Gasteiger partial charge in [-0.3, -0.25) is 9.78 Å². The number of hydrogen-bond acceptors (Lipinski definition) is 3. The van der Waals surface area contributed by atoms with E-state index in [0.29, 0.717) is 21.8 Å². The average Bonchev–Trinajstić information content (AvgIpc) is 2.86. The van der Waals surface area contributed by atoms with E-state index in [2.05, 4.69) is 38.0 Å². The van der Waals surface area contributed by atoms with Crippen LogP contribution in [-0.2, 0) is 0 Å².